The average molecular weight is 601 g/mol. The first kappa shape index (κ1) is 29.4. The molecule has 0 spiro atoms. The van der Waals surface area contributed by atoms with Crippen molar-refractivity contribution in [3.63, 3.8) is 0 Å². The van der Waals surface area contributed by atoms with Gasteiger partial charge in [0.05, 0.1) is 11.9 Å². The van der Waals surface area contributed by atoms with Gasteiger partial charge >= 0.3 is 0 Å². The Labute approximate surface area is 234 Å². The fraction of sp³-hybridized carbons (Fsp3) is 0.310. The minimum absolute atomic E-state index is 0.160. The summed E-state index contributed by atoms with van der Waals surface area (Å²) in [4.78, 5) is 28.9. The Morgan fingerprint density at radius 1 is 0.947 bits per heavy atom. The molecule has 3 rings (SSSR count). The van der Waals surface area contributed by atoms with Crippen molar-refractivity contribution in [2.45, 2.75) is 39.3 Å². The van der Waals surface area contributed by atoms with Crippen LogP contribution in [0.25, 0.3) is 0 Å². The van der Waals surface area contributed by atoms with Gasteiger partial charge in [-0.05, 0) is 48.2 Å². The topological polar surface area (TPSA) is 86.8 Å². The van der Waals surface area contributed by atoms with Crippen molar-refractivity contribution < 1.29 is 18.0 Å². The Kier molecular flexibility index (Phi) is 10.5. The van der Waals surface area contributed by atoms with Crippen LogP contribution in [0.15, 0.2) is 83.3 Å². The quantitative estimate of drug-likeness (QED) is 0.327. The number of benzene rings is 3. The molecule has 0 bridgehead atoms. The number of hydrogen-bond acceptors (Lipinski definition) is 4. The molecule has 0 aliphatic heterocycles. The van der Waals surface area contributed by atoms with E-state index < -0.39 is 28.5 Å². The highest BCUT2D eigenvalue weighted by Crippen LogP contribution is 2.25. The van der Waals surface area contributed by atoms with Gasteiger partial charge < -0.3 is 10.2 Å². The molecule has 38 heavy (non-hydrogen) atoms. The summed E-state index contributed by atoms with van der Waals surface area (Å²) >= 11 is 3.44. The summed E-state index contributed by atoms with van der Waals surface area (Å²) < 4.78 is 27.6. The van der Waals surface area contributed by atoms with Crippen molar-refractivity contribution in [1.82, 2.24) is 10.2 Å². The number of aryl methyl sites for hydroxylation is 1. The van der Waals surface area contributed by atoms with Crippen LogP contribution >= 0.6 is 15.9 Å². The van der Waals surface area contributed by atoms with Crippen molar-refractivity contribution in [3.8, 4) is 0 Å². The Morgan fingerprint density at radius 3 is 2.11 bits per heavy atom. The lowest BCUT2D eigenvalue weighted by Gasteiger charge is -2.33. The first-order valence-corrected chi connectivity index (χ1v) is 15.1. The molecule has 3 aromatic carbocycles. The third-order valence-corrected chi connectivity index (χ3v) is 8.16. The lowest BCUT2D eigenvalue weighted by Crippen LogP contribution is -2.53. The number of hydrogen-bond donors (Lipinski definition) is 1. The predicted octanol–water partition coefficient (Wildman–Crippen LogP) is 4.69. The second kappa shape index (κ2) is 13.6. The zero-order chi connectivity index (χ0) is 27.7. The van der Waals surface area contributed by atoms with Gasteiger partial charge in [0.15, 0.2) is 0 Å². The van der Waals surface area contributed by atoms with Crippen LogP contribution in [-0.4, -0.2) is 50.5 Å². The first-order valence-electron chi connectivity index (χ1n) is 12.5. The summed E-state index contributed by atoms with van der Waals surface area (Å²) in [5, 5.41) is 2.93. The van der Waals surface area contributed by atoms with Gasteiger partial charge in [-0.1, -0.05) is 83.5 Å². The average Bonchev–Trinajstić information content (AvgIpc) is 2.90. The van der Waals surface area contributed by atoms with Gasteiger partial charge in [0.25, 0.3) is 0 Å². The second-order valence-electron chi connectivity index (χ2n) is 9.21. The van der Waals surface area contributed by atoms with E-state index >= 15 is 0 Å². The van der Waals surface area contributed by atoms with Gasteiger partial charge in [0.1, 0.15) is 12.6 Å². The Bertz CT molecular complexity index is 1330. The highest BCUT2D eigenvalue weighted by Gasteiger charge is 2.33. The van der Waals surface area contributed by atoms with Gasteiger partial charge in [-0.2, -0.15) is 0 Å². The second-order valence-corrected chi connectivity index (χ2v) is 12.0. The number of anilines is 1. The predicted molar refractivity (Wildman–Crippen MR) is 155 cm³/mol. The van der Waals surface area contributed by atoms with E-state index in [9.17, 15) is 18.0 Å². The number of amides is 2. The van der Waals surface area contributed by atoms with E-state index in [1.165, 1.54) is 4.90 Å². The van der Waals surface area contributed by atoms with E-state index in [1.54, 1.807) is 18.2 Å². The summed E-state index contributed by atoms with van der Waals surface area (Å²) in [6.45, 7) is 4.02. The Morgan fingerprint density at radius 2 is 1.55 bits per heavy atom. The lowest BCUT2D eigenvalue weighted by molar-refractivity contribution is -0.140. The zero-order valence-corrected chi connectivity index (χ0v) is 24.3. The van der Waals surface area contributed by atoms with E-state index in [2.05, 4.69) is 21.2 Å². The van der Waals surface area contributed by atoms with E-state index in [0.29, 0.717) is 18.7 Å². The normalized spacial score (nSPS) is 12.0. The van der Waals surface area contributed by atoms with Crippen LogP contribution in [0.5, 0.6) is 0 Å². The SMILES string of the molecule is CCCNC(=O)[C@@H](Cc1ccccc1)N(Cc1ccccc1)C(=O)CN(c1ccc(Br)c(C)c1)S(C)(=O)=O. The maximum absolute atomic E-state index is 14.0. The van der Waals surface area contributed by atoms with Crippen LogP contribution in [0.2, 0.25) is 0 Å². The Hall–Kier alpha value is -3.17. The zero-order valence-electron chi connectivity index (χ0n) is 21.9. The molecule has 0 unspecified atom stereocenters. The van der Waals surface area contributed by atoms with E-state index in [0.717, 1.165) is 38.1 Å². The van der Waals surface area contributed by atoms with Crippen LogP contribution in [0.1, 0.15) is 30.0 Å². The summed E-state index contributed by atoms with van der Waals surface area (Å²) in [7, 11) is -3.80. The molecule has 9 heteroatoms. The third kappa shape index (κ3) is 8.16. The van der Waals surface area contributed by atoms with E-state index in [-0.39, 0.29) is 12.5 Å². The van der Waals surface area contributed by atoms with Crippen LogP contribution in [0.3, 0.4) is 0 Å². The summed E-state index contributed by atoms with van der Waals surface area (Å²) in [6, 6.07) is 23.2. The molecule has 3 aromatic rings. The van der Waals surface area contributed by atoms with Gasteiger partial charge in [-0.15, -0.1) is 0 Å². The van der Waals surface area contributed by atoms with Crippen LogP contribution in [0, 0.1) is 6.92 Å². The van der Waals surface area contributed by atoms with Gasteiger partial charge in [0.2, 0.25) is 21.8 Å². The lowest BCUT2D eigenvalue weighted by atomic mass is 10.0. The van der Waals surface area contributed by atoms with Crippen LogP contribution in [0.4, 0.5) is 5.69 Å². The number of nitrogens with zero attached hydrogens (tertiary/aromatic N) is 2. The minimum atomic E-state index is -3.80. The summed E-state index contributed by atoms with van der Waals surface area (Å²) in [6.07, 6.45) is 2.13. The van der Waals surface area contributed by atoms with Crippen LogP contribution < -0.4 is 9.62 Å². The van der Waals surface area contributed by atoms with Gasteiger partial charge in [-0.25, -0.2) is 8.42 Å². The summed E-state index contributed by atoms with van der Waals surface area (Å²) in [5.41, 5.74) is 2.97. The third-order valence-electron chi connectivity index (χ3n) is 6.12. The summed E-state index contributed by atoms with van der Waals surface area (Å²) in [5.74, 6) is -0.738. The van der Waals surface area contributed by atoms with E-state index in [1.807, 2.05) is 74.5 Å². The Balaban J connectivity index is 2.03. The number of sulfonamides is 1. The fourth-order valence-corrected chi connectivity index (χ4v) is 5.19. The fourth-order valence-electron chi connectivity index (χ4n) is 4.10. The van der Waals surface area contributed by atoms with Crippen molar-refractivity contribution >= 4 is 43.5 Å². The molecule has 1 N–H and O–H groups in total. The molecule has 0 heterocycles. The number of carbonyl (C=O) groups excluding carboxylic acids is 2. The standard InChI is InChI=1S/C29H34BrN3O4S/c1-4-17-31-29(35)27(19-23-11-7-5-8-12-23)32(20-24-13-9-6-10-14-24)28(34)21-33(38(3,36)37)25-15-16-26(30)22(2)18-25/h5-16,18,27H,4,17,19-21H2,1-3H3,(H,31,35)/t27-/m1/s1. The number of rotatable bonds is 12. The molecular weight excluding hydrogens is 566 g/mol. The first-order chi connectivity index (χ1) is 18.1. The smallest absolute Gasteiger partial charge is 0.244 e. The highest BCUT2D eigenvalue weighted by molar-refractivity contribution is 9.10. The molecule has 7 nitrogen and oxygen atoms in total. The molecule has 202 valence electrons. The minimum Gasteiger partial charge on any atom is -0.354 e. The molecule has 0 aromatic heterocycles. The van der Waals surface area contributed by atoms with E-state index in [4.69, 9.17) is 0 Å². The molecule has 0 saturated carbocycles. The molecular formula is C29H34BrN3O4S. The number of nitrogens with one attached hydrogen (secondary N) is 1. The molecule has 0 fully saturated rings. The molecule has 0 aliphatic rings. The number of carbonyl (C=O) groups is 2. The molecule has 0 aliphatic carbocycles. The van der Waals surface area contributed by atoms with Crippen molar-refractivity contribution in [1.29, 1.82) is 0 Å². The molecule has 2 amide bonds. The van der Waals surface area contributed by atoms with Gasteiger partial charge in [0, 0.05) is 24.0 Å². The van der Waals surface area contributed by atoms with Gasteiger partial charge in [-0.3, -0.25) is 13.9 Å². The van der Waals surface area contributed by atoms with Crippen molar-refractivity contribution in [2.75, 3.05) is 23.7 Å². The molecule has 1 atom stereocenters. The largest absolute Gasteiger partial charge is 0.354 e. The maximum atomic E-state index is 14.0. The number of halogens is 1. The van der Waals surface area contributed by atoms with Crippen molar-refractivity contribution in [3.05, 3.63) is 100 Å². The van der Waals surface area contributed by atoms with Crippen LogP contribution in [-0.2, 0) is 32.6 Å². The highest BCUT2D eigenvalue weighted by atomic mass is 79.9. The molecule has 0 radical (unpaired) electrons. The molecule has 0 saturated heterocycles. The monoisotopic (exact) mass is 599 g/mol. The maximum Gasteiger partial charge on any atom is 0.244 e. The van der Waals surface area contributed by atoms with Crippen molar-refractivity contribution in [2.24, 2.45) is 0 Å².